The largest absolute Gasteiger partial charge is 0.397 e. The Morgan fingerprint density at radius 2 is 2.18 bits per heavy atom. The predicted molar refractivity (Wildman–Crippen MR) is 66.8 cm³/mol. The Balaban J connectivity index is 2.24. The van der Waals surface area contributed by atoms with E-state index in [0.29, 0.717) is 17.1 Å². The van der Waals surface area contributed by atoms with Crippen molar-refractivity contribution >= 4 is 17.3 Å². The van der Waals surface area contributed by atoms with Crippen LogP contribution in [-0.2, 0) is 7.05 Å². The van der Waals surface area contributed by atoms with Gasteiger partial charge in [-0.25, -0.2) is 0 Å². The Morgan fingerprint density at radius 3 is 2.76 bits per heavy atom. The van der Waals surface area contributed by atoms with E-state index >= 15 is 0 Å². The highest BCUT2D eigenvalue weighted by Gasteiger charge is 2.11. The maximum Gasteiger partial charge on any atom is 0.276 e. The molecule has 5 nitrogen and oxygen atoms in total. The van der Waals surface area contributed by atoms with Gasteiger partial charge in [0.1, 0.15) is 0 Å². The SMILES string of the molecule is Cc1cccc(N)c1NC(=O)c1ccn(C)n1. The first kappa shape index (κ1) is 11.2. The van der Waals surface area contributed by atoms with Crippen LogP contribution in [0, 0.1) is 6.92 Å². The van der Waals surface area contributed by atoms with Crippen LogP contribution in [-0.4, -0.2) is 15.7 Å². The first-order valence-electron chi connectivity index (χ1n) is 5.24. The lowest BCUT2D eigenvalue weighted by atomic mass is 10.1. The molecule has 2 aromatic rings. The molecule has 1 heterocycles. The number of nitrogens with zero attached hydrogens (tertiary/aromatic N) is 2. The van der Waals surface area contributed by atoms with Crippen molar-refractivity contribution in [2.24, 2.45) is 7.05 Å². The summed E-state index contributed by atoms with van der Waals surface area (Å²) in [5, 5.41) is 6.80. The third-order valence-electron chi connectivity index (χ3n) is 2.49. The van der Waals surface area contributed by atoms with E-state index in [1.54, 1.807) is 30.1 Å². The Hall–Kier alpha value is -2.30. The number of para-hydroxylation sites is 1. The average Bonchev–Trinajstić information content (AvgIpc) is 2.70. The molecule has 0 bridgehead atoms. The number of carbonyl (C=O) groups is 1. The number of amides is 1. The number of nitrogen functional groups attached to an aromatic ring is 1. The fourth-order valence-electron chi connectivity index (χ4n) is 1.57. The topological polar surface area (TPSA) is 72.9 Å². The number of hydrogen-bond acceptors (Lipinski definition) is 3. The van der Waals surface area contributed by atoms with Crippen LogP contribution in [0.15, 0.2) is 30.5 Å². The van der Waals surface area contributed by atoms with Crippen LogP contribution < -0.4 is 11.1 Å². The van der Waals surface area contributed by atoms with E-state index < -0.39 is 0 Å². The molecule has 0 aliphatic rings. The van der Waals surface area contributed by atoms with Gasteiger partial charge in [-0.2, -0.15) is 5.10 Å². The maximum atomic E-state index is 11.9. The molecule has 0 saturated carbocycles. The molecule has 0 aliphatic carbocycles. The number of aromatic nitrogens is 2. The molecule has 0 radical (unpaired) electrons. The second-order valence-electron chi connectivity index (χ2n) is 3.87. The van der Waals surface area contributed by atoms with Crippen LogP contribution in [0.1, 0.15) is 16.1 Å². The molecule has 3 N–H and O–H groups in total. The van der Waals surface area contributed by atoms with Gasteiger partial charge in [0.25, 0.3) is 5.91 Å². The van der Waals surface area contributed by atoms with Gasteiger partial charge in [-0.15, -0.1) is 0 Å². The van der Waals surface area contributed by atoms with Gasteiger partial charge >= 0.3 is 0 Å². The van der Waals surface area contributed by atoms with E-state index in [9.17, 15) is 4.79 Å². The number of rotatable bonds is 2. The number of carbonyl (C=O) groups excluding carboxylic acids is 1. The van der Waals surface area contributed by atoms with Crippen molar-refractivity contribution in [3.8, 4) is 0 Å². The van der Waals surface area contributed by atoms with Crippen molar-refractivity contribution in [1.82, 2.24) is 9.78 Å². The van der Waals surface area contributed by atoms with Gasteiger partial charge in [-0.1, -0.05) is 12.1 Å². The lowest BCUT2D eigenvalue weighted by Gasteiger charge is -2.09. The van der Waals surface area contributed by atoms with Gasteiger partial charge in [-0.3, -0.25) is 9.48 Å². The van der Waals surface area contributed by atoms with Gasteiger partial charge < -0.3 is 11.1 Å². The first-order valence-corrected chi connectivity index (χ1v) is 5.24. The zero-order valence-corrected chi connectivity index (χ0v) is 9.77. The number of aryl methyl sites for hydroxylation is 2. The van der Waals surface area contributed by atoms with Crippen molar-refractivity contribution in [3.05, 3.63) is 41.7 Å². The second-order valence-corrected chi connectivity index (χ2v) is 3.87. The van der Waals surface area contributed by atoms with Crippen LogP contribution in [0.3, 0.4) is 0 Å². The monoisotopic (exact) mass is 230 g/mol. The molecule has 0 fully saturated rings. The zero-order chi connectivity index (χ0) is 12.4. The molecular formula is C12H14N4O. The molecular weight excluding hydrogens is 216 g/mol. The maximum absolute atomic E-state index is 11.9. The molecule has 17 heavy (non-hydrogen) atoms. The smallest absolute Gasteiger partial charge is 0.276 e. The quantitative estimate of drug-likeness (QED) is 0.769. The number of benzene rings is 1. The van der Waals surface area contributed by atoms with Crippen molar-refractivity contribution < 1.29 is 4.79 Å². The summed E-state index contributed by atoms with van der Waals surface area (Å²) >= 11 is 0. The second kappa shape index (κ2) is 4.29. The van der Waals surface area contributed by atoms with Gasteiger partial charge in [0.15, 0.2) is 5.69 Å². The molecule has 1 aromatic heterocycles. The van der Waals surface area contributed by atoms with Crippen LogP contribution >= 0.6 is 0 Å². The lowest BCUT2D eigenvalue weighted by molar-refractivity contribution is 0.102. The van der Waals surface area contributed by atoms with E-state index in [1.165, 1.54) is 0 Å². The fraction of sp³-hybridized carbons (Fsp3) is 0.167. The van der Waals surface area contributed by atoms with Crippen LogP contribution in [0.4, 0.5) is 11.4 Å². The number of nitrogens with two attached hydrogens (primary N) is 1. The Morgan fingerprint density at radius 1 is 1.41 bits per heavy atom. The molecule has 2 rings (SSSR count). The summed E-state index contributed by atoms with van der Waals surface area (Å²) in [6, 6.07) is 7.15. The minimum atomic E-state index is -0.258. The Kier molecular flexibility index (Phi) is 2.82. The minimum Gasteiger partial charge on any atom is -0.397 e. The van der Waals surface area contributed by atoms with Gasteiger partial charge in [0.2, 0.25) is 0 Å². The molecule has 5 heteroatoms. The molecule has 0 atom stereocenters. The Bertz CT molecular complexity index is 539. The lowest BCUT2D eigenvalue weighted by Crippen LogP contribution is -2.15. The van der Waals surface area contributed by atoms with Crippen molar-refractivity contribution in [3.63, 3.8) is 0 Å². The normalized spacial score (nSPS) is 10.2. The van der Waals surface area contributed by atoms with Crippen molar-refractivity contribution in [1.29, 1.82) is 0 Å². The zero-order valence-electron chi connectivity index (χ0n) is 9.77. The third kappa shape index (κ3) is 2.28. The van der Waals surface area contributed by atoms with Crippen LogP contribution in [0.5, 0.6) is 0 Å². The molecule has 0 saturated heterocycles. The van der Waals surface area contributed by atoms with Crippen molar-refractivity contribution in [2.75, 3.05) is 11.1 Å². The van der Waals surface area contributed by atoms with Crippen LogP contribution in [0.25, 0.3) is 0 Å². The summed E-state index contributed by atoms with van der Waals surface area (Å²) < 4.78 is 1.58. The highest BCUT2D eigenvalue weighted by molar-refractivity contribution is 6.04. The standard InChI is InChI=1S/C12H14N4O/c1-8-4-3-5-9(13)11(8)14-12(17)10-6-7-16(2)15-10/h3-7H,13H2,1-2H3,(H,14,17). The fourth-order valence-corrected chi connectivity index (χ4v) is 1.57. The van der Waals surface area contributed by atoms with E-state index in [0.717, 1.165) is 5.56 Å². The first-order chi connectivity index (χ1) is 8.08. The minimum absolute atomic E-state index is 0.258. The van der Waals surface area contributed by atoms with Gasteiger partial charge in [-0.05, 0) is 24.6 Å². The molecule has 1 amide bonds. The Labute approximate surface area is 99.2 Å². The van der Waals surface area contributed by atoms with Gasteiger partial charge in [0, 0.05) is 13.2 Å². The molecule has 1 aromatic carbocycles. The summed E-state index contributed by atoms with van der Waals surface area (Å²) in [7, 11) is 1.76. The predicted octanol–water partition coefficient (Wildman–Crippen LogP) is 1.56. The van der Waals surface area contributed by atoms with E-state index in [1.807, 2.05) is 19.1 Å². The molecule has 88 valence electrons. The van der Waals surface area contributed by atoms with Gasteiger partial charge in [0.05, 0.1) is 11.4 Å². The average molecular weight is 230 g/mol. The third-order valence-corrected chi connectivity index (χ3v) is 2.49. The van der Waals surface area contributed by atoms with Crippen molar-refractivity contribution in [2.45, 2.75) is 6.92 Å². The summed E-state index contributed by atoms with van der Waals surface area (Å²) in [5.74, 6) is -0.258. The highest BCUT2D eigenvalue weighted by Crippen LogP contribution is 2.22. The molecule has 0 unspecified atom stereocenters. The number of hydrogen-bond donors (Lipinski definition) is 2. The molecule has 0 aliphatic heterocycles. The van der Waals surface area contributed by atoms with E-state index in [4.69, 9.17) is 5.73 Å². The summed E-state index contributed by atoms with van der Waals surface area (Å²) in [6.07, 6.45) is 1.72. The summed E-state index contributed by atoms with van der Waals surface area (Å²) in [5.41, 5.74) is 8.30. The number of anilines is 2. The summed E-state index contributed by atoms with van der Waals surface area (Å²) in [4.78, 5) is 11.9. The molecule has 0 spiro atoms. The van der Waals surface area contributed by atoms with E-state index in [-0.39, 0.29) is 5.91 Å². The van der Waals surface area contributed by atoms with Crippen LogP contribution in [0.2, 0.25) is 0 Å². The van der Waals surface area contributed by atoms with E-state index in [2.05, 4.69) is 10.4 Å². The highest BCUT2D eigenvalue weighted by atomic mass is 16.1. The number of nitrogens with one attached hydrogen (secondary N) is 1. The summed E-state index contributed by atoms with van der Waals surface area (Å²) in [6.45, 7) is 1.89.